The Bertz CT molecular complexity index is 920. The van der Waals surface area contributed by atoms with Gasteiger partial charge in [-0.1, -0.05) is 81.4 Å². The van der Waals surface area contributed by atoms with Gasteiger partial charge in [0.1, 0.15) is 5.75 Å². The van der Waals surface area contributed by atoms with Crippen molar-refractivity contribution < 1.29 is 4.74 Å². The van der Waals surface area contributed by atoms with E-state index in [1.165, 1.54) is 16.7 Å². The molecule has 0 aliphatic carbocycles. The molecule has 1 heterocycles. The van der Waals surface area contributed by atoms with Gasteiger partial charge in [-0.15, -0.1) is 0 Å². The highest BCUT2D eigenvalue weighted by Crippen LogP contribution is 2.28. The summed E-state index contributed by atoms with van der Waals surface area (Å²) in [6.45, 7) is 10.8. The molecule has 3 aromatic rings. The molecule has 0 bridgehead atoms. The summed E-state index contributed by atoms with van der Waals surface area (Å²) in [6.07, 6.45) is 0. The smallest absolute Gasteiger partial charge is 0.223 e. The largest absolute Gasteiger partial charge is 0.439 e. The fourth-order valence-electron chi connectivity index (χ4n) is 2.82. The van der Waals surface area contributed by atoms with Gasteiger partial charge in [-0.05, 0) is 42.0 Å². The SMILES string of the molecule is Cc1cccc(CSc2nc(Oc3ccc(C(C)C)cc3)cc(C(C)C)n2)c1. The number of thioether (sulfide) groups is 1. The van der Waals surface area contributed by atoms with Gasteiger partial charge in [0.2, 0.25) is 5.88 Å². The van der Waals surface area contributed by atoms with E-state index in [2.05, 4.69) is 76.0 Å². The van der Waals surface area contributed by atoms with E-state index in [0.29, 0.717) is 17.7 Å². The third kappa shape index (κ3) is 5.59. The van der Waals surface area contributed by atoms with Crippen molar-refractivity contribution in [2.45, 2.75) is 57.4 Å². The number of hydrogen-bond acceptors (Lipinski definition) is 4. The average Bonchev–Trinajstić information content (AvgIpc) is 2.67. The van der Waals surface area contributed by atoms with Crippen molar-refractivity contribution in [2.75, 3.05) is 0 Å². The molecule has 3 rings (SSSR count). The van der Waals surface area contributed by atoms with E-state index < -0.39 is 0 Å². The summed E-state index contributed by atoms with van der Waals surface area (Å²) in [7, 11) is 0. The zero-order valence-corrected chi connectivity index (χ0v) is 18.1. The van der Waals surface area contributed by atoms with Crippen molar-refractivity contribution in [3.05, 3.63) is 77.0 Å². The Labute approximate surface area is 172 Å². The fraction of sp³-hybridized carbons (Fsp3) is 0.333. The van der Waals surface area contributed by atoms with E-state index in [9.17, 15) is 0 Å². The molecule has 0 fully saturated rings. The summed E-state index contributed by atoms with van der Waals surface area (Å²) in [4.78, 5) is 9.36. The van der Waals surface area contributed by atoms with E-state index in [-0.39, 0.29) is 0 Å². The number of rotatable bonds is 7. The van der Waals surface area contributed by atoms with Crippen LogP contribution < -0.4 is 4.74 Å². The van der Waals surface area contributed by atoms with Crippen LogP contribution >= 0.6 is 11.8 Å². The van der Waals surface area contributed by atoms with Crippen molar-refractivity contribution in [2.24, 2.45) is 0 Å². The van der Waals surface area contributed by atoms with Gasteiger partial charge in [0.25, 0.3) is 0 Å². The van der Waals surface area contributed by atoms with Gasteiger partial charge in [0.15, 0.2) is 5.16 Å². The maximum atomic E-state index is 6.05. The van der Waals surface area contributed by atoms with Gasteiger partial charge in [-0.3, -0.25) is 0 Å². The Balaban J connectivity index is 1.78. The molecule has 2 aromatic carbocycles. The summed E-state index contributed by atoms with van der Waals surface area (Å²) in [5.74, 6) is 3.05. The van der Waals surface area contributed by atoms with Gasteiger partial charge in [-0.2, -0.15) is 4.98 Å². The fourth-order valence-corrected chi connectivity index (χ4v) is 3.62. The molecular formula is C24H28N2OS. The summed E-state index contributed by atoms with van der Waals surface area (Å²) in [6, 6.07) is 18.7. The molecule has 0 unspecified atom stereocenters. The third-order valence-corrected chi connectivity index (χ3v) is 5.43. The quantitative estimate of drug-likeness (QED) is 0.317. The van der Waals surface area contributed by atoms with Gasteiger partial charge in [-0.25, -0.2) is 4.98 Å². The molecule has 0 aliphatic heterocycles. The zero-order valence-electron chi connectivity index (χ0n) is 17.3. The second-order valence-electron chi connectivity index (χ2n) is 7.67. The lowest BCUT2D eigenvalue weighted by atomic mass is 10.0. The molecule has 0 spiro atoms. The van der Waals surface area contributed by atoms with Crippen LogP contribution in [0.2, 0.25) is 0 Å². The van der Waals surface area contributed by atoms with E-state index in [4.69, 9.17) is 9.72 Å². The maximum absolute atomic E-state index is 6.05. The molecule has 0 atom stereocenters. The highest BCUT2D eigenvalue weighted by atomic mass is 32.2. The molecular weight excluding hydrogens is 364 g/mol. The highest BCUT2D eigenvalue weighted by molar-refractivity contribution is 7.98. The molecule has 1 aromatic heterocycles. The first-order valence-corrected chi connectivity index (χ1v) is 10.7. The van der Waals surface area contributed by atoms with Crippen LogP contribution in [-0.4, -0.2) is 9.97 Å². The predicted molar refractivity (Wildman–Crippen MR) is 117 cm³/mol. The molecule has 4 heteroatoms. The second kappa shape index (κ2) is 9.24. The Morgan fingerprint density at radius 1 is 0.893 bits per heavy atom. The number of aromatic nitrogens is 2. The average molecular weight is 393 g/mol. The van der Waals surface area contributed by atoms with E-state index in [1.807, 2.05) is 18.2 Å². The molecule has 0 amide bonds. The summed E-state index contributed by atoms with van der Waals surface area (Å²) in [5, 5.41) is 0.751. The molecule has 146 valence electrons. The van der Waals surface area contributed by atoms with Gasteiger partial charge in [0.05, 0.1) is 5.69 Å². The lowest BCUT2D eigenvalue weighted by Crippen LogP contribution is -2.00. The number of ether oxygens (including phenoxy) is 1. The predicted octanol–water partition coefficient (Wildman–Crippen LogP) is 7.12. The van der Waals surface area contributed by atoms with Crippen LogP contribution in [0.3, 0.4) is 0 Å². The van der Waals surface area contributed by atoms with E-state index in [1.54, 1.807) is 11.8 Å². The van der Waals surface area contributed by atoms with Crippen LogP contribution in [0.5, 0.6) is 11.6 Å². The van der Waals surface area contributed by atoms with Crippen LogP contribution in [0.4, 0.5) is 0 Å². The van der Waals surface area contributed by atoms with E-state index >= 15 is 0 Å². The summed E-state index contributed by atoms with van der Waals surface area (Å²) < 4.78 is 6.05. The Morgan fingerprint density at radius 3 is 2.29 bits per heavy atom. The van der Waals surface area contributed by atoms with Crippen LogP contribution in [0.15, 0.2) is 59.8 Å². The summed E-state index contributed by atoms with van der Waals surface area (Å²) in [5.41, 5.74) is 4.84. The topological polar surface area (TPSA) is 35.0 Å². The Kier molecular flexibility index (Phi) is 6.74. The Hall–Kier alpha value is -2.33. The molecule has 0 saturated heterocycles. The molecule has 28 heavy (non-hydrogen) atoms. The van der Waals surface area contributed by atoms with Crippen molar-refractivity contribution in [1.82, 2.24) is 9.97 Å². The Morgan fingerprint density at radius 2 is 1.64 bits per heavy atom. The van der Waals surface area contributed by atoms with Crippen LogP contribution in [0, 0.1) is 6.92 Å². The van der Waals surface area contributed by atoms with E-state index in [0.717, 1.165) is 22.4 Å². The van der Waals surface area contributed by atoms with Crippen molar-refractivity contribution >= 4 is 11.8 Å². The van der Waals surface area contributed by atoms with Crippen molar-refractivity contribution in [3.8, 4) is 11.6 Å². The van der Waals surface area contributed by atoms with Crippen molar-refractivity contribution in [1.29, 1.82) is 0 Å². The molecule has 3 nitrogen and oxygen atoms in total. The van der Waals surface area contributed by atoms with Crippen molar-refractivity contribution in [3.63, 3.8) is 0 Å². The molecule has 0 saturated carbocycles. The monoisotopic (exact) mass is 392 g/mol. The standard InChI is InChI=1S/C24H28N2OS/c1-16(2)20-9-11-21(12-10-20)27-23-14-22(17(3)4)25-24(26-23)28-15-19-8-6-7-18(5)13-19/h6-14,16-17H,15H2,1-5H3. The van der Waals surface area contributed by atoms with Crippen LogP contribution in [-0.2, 0) is 5.75 Å². The van der Waals surface area contributed by atoms with Crippen LogP contribution in [0.1, 0.15) is 61.9 Å². The van der Waals surface area contributed by atoms with Crippen LogP contribution in [0.25, 0.3) is 0 Å². The number of nitrogens with zero attached hydrogens (tertiary/aromatic N) is 2. The molecule has 0 N–H and O–H groups in total. The number of benzene rings is 2. The third-order valence-electron chi connectivity index (χ3n) is 4.51. The maximum Gasteiger partial charge on any atom is 0.223 e. The minimum Gasteiger partial charge on any atom is -0.439 e. The van der Waals surface area contributed by atoms with Gasteiger partial charge >= 0.3 is 0 Å². The number of hydrogen-bond donors (Lipinski definition) is 0. The van der Waals surface area contributed by atoms with Gasteiger partial charge < -0.3 is 4.74 Å². The van der Waals surface area contributed by atoms with Gasteiger partial charge in [0, 0.05) is 11.8 Å². The first kappa shape index (κ1) is 20.4. The first-order chi connectivity index (χ1) is 13.4. The number of aryl methyl sites for hydroxylation is 1. The molecule has 0 radical (unpaired) electrons. The minimum absolute atomic E-state index is 0.312. The second-order valence-corrected chi connectivity index (χ2v) is 8.61. The minimum atomic E-state index is 0.312. The summed E-state index contributed by atoms with van der Waals surface area (Å²) >= 11 is 1.64. The lowest BCUT2D eigenvalue weighted by molar-refractivity contribution is 0.452. The zero-order chi connectivity index (χ0) is 20.1. The highest BCUT2D eigenvalue weighted by Gasteiger charge is 2.11. The first-order valence-electron chi connectivity index (χ1n) is 9.76. The molecule has 0 aliphatic rings. The normalized spacial score (nSPS) is 11.2. The lowest BCUT2D eigenvalue weighted by Gasteiger charge is -2.12.